The molecule has 0 heterocycles. The molecule has 26 heavy (non-hydrogen) atoms. The average Bonchev–Trinajstić information content (AvgIpc) is 2.59. The molecular weight excluding hydrogens is 338 g/mol. The van der Waals surface area contributed by atoms with E-state index < -0.39 is 0 Å². The van der Waals surface area contributed by atoms with E-state index in [2.05, 4.69) is 18.7 Å². The van der Waals surface area contributed by atoms with Crippen LogP contribution in [0.1, 0.15) is 20.3 Å². The first-order chi connectivity index (χ1) is 12.6. The van der Waals surface area contributed by atoms with Gasteiger partial charge in [0.1, 0.15) is 0 Å². The van der Waals surface area contributed by atoms with Gasteiger partial charge in [-0.15, -0.1) is 0 Å². The summed E-state index contributed by atoms with van der Waals surface area (Å²) in [5, 5.41) is 0. The van der Waals surface area contributed by atoms with Gasteiger partial charge in [0.2, 0.25) is 0 Å². The van der Waals surface area contributed by atoms with Crippen molar-refractivity contribution in [2.45, 2.75) is 20.3 Å². The maximum Gasteiger partial charge on any atom is 0.0701 e. The van der Waals surface area contributed by atoms with Gasteiger partial charge in [0.05, 0.1) is 72.7 Å². The minimum absolute atomic E-state index is 0.570. The molecule has 0 aromatic carbocycles. The summed E-state index contributed by atoms with van der Waals surface area (Å²) in [5.74, 6) is 0.685. The second kappa shape index (κ2) is 21.0. The Morgan fingerprint density at radius 3 is 1.12 bits per heavy atom. The minimum atomic E-state index is 0.570. The molecule has 0 atom stereocenters. The lowest BCUT2D eigenvalue weighted by Crippen LogP contribution is -2.19. The number of nitrogens with zero attached hydrogens (tertiary/aromatic N) is 1. The van der Waals surface area contributed by atoms with Gasteiger partial charge >= 0.3 is 0 Å². The first-order valence-electron chi connectivity index (χ1n) is 9.74. The summed E-state index contributed by atoms with van der Waals surface area (Å²) in [6, 6.07) is 0. The van der Waals surface area contributed by atoms with Crippen molar-refractivity contribution in [1.29, 1.82) is 0 Å². The molecule has 0 radical (unpaired) electrons. The molecule has 0 saturated carbocycles. The summed E-state index contributed by atoms with van der Waals surface area (Å²) in [6.45, 7) is 12.8. The van der Waals surface area contributed by atoms with Gasteiger partial charge in [0.25, 0.3) is 0 Å². The predicted octanol–water partition coefficient (Wildman–Crippen LogP) is 1.69. The van der Waals surface area contributed by atoms with Gasteiger partial charge in [-0.2, -0.15) is 0 Å². The summed E-state index contributed by atoms with van der Waals surface area (Å²) in [4.78, 5) is 2.09. The fraction of sp³-hybridized carbons (Fsp3) is 1.00. The molecule has 158 valence electrons. The molecule has 0 aromatic rings. The highest BCUT2D eigenvalue weighted by Gasteiger charge is 1.96. The molecule has 0 aliphatic heterocycles. The van der Waals surface area contributed by atoms with Gasteiger partial charge in [-0.3, -0.25) is 0 Å². The Hall–Kier alpha value is -0.280. The van der Waals surface area contributed by atoms with E-state index in [1.807, 2.05) is 14.1 Å². The number of rotatable bonds is 21. The smallest absolute Gasteiger partial charge is 0.0701 e. The van der Waals surface area contributed by atoms with Gasteiger partial charge in [-0.1, -0.05) is 13.8 Å². The van der Waals surface area contributed by atoms with E-state index in [-0.39, 0.29) is 0 Å². The zero-order valence-electron chi connectivity index (χ0n) is 17.4. The Labute approximate surface area is 160 Å². The molecule has 0 fully saturated rings. The highest BCUT2D eigenvalue weighted by atomic mass is 16.6. The molecule has 0 aliphatic carbocycles. The van der Waals surface area contributed by atoms with Crippen molar-refractivity contribution in [1.82, 2.24) is 4.90 Å². The quantitative estimate of drug-likeness (QED) is 0.281. The van der Waals surface area contributed by atoms with E-state index >= 15 is 0 Å². The van der Waals surface area contributed by atoms with Crippen LogP contribution in [0.2, 0.25) is 0 Å². The van der Waals surface area contributed by atoms with Crippen molar-refractivity contribution in [2.24, 2.45) is 5.92 Å². The number of ether oxygens (including phenoxy) is 6. The topological polar surface area (TPSA) is 58.6 Å². The second-order valence-corrected chi connectivity index (χ2v) is 6.66. The highest BCUT2D eigenvalue weighted by molar-refractivity contribution is 4.43. The van der Waals surface area contributed by atoms with Gasteiger partial charge < -0.3 is 33.3 Å². The maximum absolute atomic E-state index is 5.47. The van der Waals surface area contributed by atoms with Crippen LogP contribution < -0.4 is 0 Å². The van der Waals surface area contributed by atoms with E-state index in [0.29, 0.717) is 72.0 Å². The lowest BCUT2D eigenvalue weighted by atomic mass is 10.1. The summed E-state index contributed by atoms with van der Waals surface area (Å²) < 4.78 is 32.6. The van der Waals surface area contributed by atoms with Crippen molar-refractivity contribution < 1.29 is 28.4 Å². The van der Waals surface area contributed by atoms with Crippen LogP contribution in [0.25, 0.3) is 0 Å². The lowest BCUT2D eigenvalue weighted by molar-refractivity contribution is -0.0174. The standard InChI is InChI=1S/C19H41NO6/c1-19(2)5-7-21-9-11-23-13-15-25-17-18-26-16-14-24-12-10-22-8-6-20(3)4/h19H,5-18H2,1-4H3. The first kappa shape index (κ1) is 25.7. The van der Waals surface area contributed by atoms with Crippen molar-refractivity contribution >= 4 is 0 Å². The molecule has 0 spiro atoms. The van der Waals surface area contributed by atoms with E-state index in [1.54, 1.807) is 0 Å². The zero-order valence-corrected chi connectivity index (χ0v) is 17.4. The molecular formula is C19H41NO6. The minimum Gasteiger partial charge on any atom is -0.379 e. The fourth-order valence-electron chi connectivity index (χ4n) is 1.77. The van der Waals surface area contributed by atoms with Gasteiger partial charge in [0.15, 0.2) is 0 Å². The molecule has 0 aliphatic rings. The summed E-state index contributed by atoms with van der Waals surface area (Å²) in [5.41, 5.74) is 0. The Balaban J connectivity index is 2.99. The third-order valence-corrected chi connectivity index (χ3v) is 3.38. The number of hydrogen-bond donors (Lipinski definition) is 0. The van der Waals surface area contributed by atoms with Crippen LogP contribution in [-0.4, -0.2) is 105 Å². The van der Waals surface area contributed by atoms with Crippen molar-refractivity contribution in [2.75, 3.05) is 99.9 Å². The van der Waals surface area contributed by atoms with E-state index in [9.17, 15) is 0 Å². The third kappa shape index (κ3) is 23.7. The molecule has 7 nitrogen and oxygen atoms in total. The summed E-state index contributed by atoms with van der Waals surface area (Å²) >= 11 is 0. The van der Waals surface area contributed by atoms with Crippen LogP contribution in [0.5, 0.6) is 0 Å². The Kier molecular flexibility index (Phi) is 20.8. The van der Waals surface area contributed by atoms with Gasteiger partial charge in [-0.25, -0.2) is 0 Å². The fourth-order valence-corrected chi connectivity index (χ4v) is 1.77. The molecule has 0 unspecified atom stereocenters. The molecule has 0 N–H and O–H groups in total. The SMILES string of the molecule is CC(C)CCOCCOCCOCCOCCOCCOCCN(C)C. The van der Waals surface area contributed by atoms with E-state index in [4.69, 9.17) is 28.4 Å². The van der Waals surface area contributed by atoms with Crippen molar-refractivity contribution in [3.8, 4) is 0 Å². The number of likely N-dealkylation sites (N-methyl/N-ethyl adjacent to an activating group) is 1. The highest BCUT2D eigenvalue weighted by Crippen LogP contribution is 1.98. The van der Waals surface area contributed by atoms with Crippen LogP contribution in [0.3, 0.4) is 0 Å². The van der Waals surface area contributed by atoms with Crippen LogP contribution in [0.4, 0.5) is 0 Å². The van der Waals surface area contributed by atoms with Gasteiger partial charge in [-0.05, 0) is 26.4 Å². The van der Waals surface area contributed by atoms with E-state index in [0.717, 1.165) is 26.2 Å². The summed E-state index contributed by atoms with van der Waals surface area (Å²) in [7, 11) is 4.05. The molecule has 7 heteroatoms. The Morgan fingerprint density at radius 2 is 0.808 bits per heavy atom. The lowest BCUT2D eigenvalue weighted by Gasteiger charge is -2.10. The van der Waals surface area contributed by atoms with Crippen LogP contribution in [-0.2, 0) is 28.4 Å². The molecule has 0 saturated heterocycles. The van der Waals surface area contributed by atoms with Crippen LogP contribution in [0, 0.1) is 5.92 Å². The van der Waals surface area contributed by atoms with Crippen LogP contribution >= 0.6 is 0 Å². The number of hydrogen-bond acceptors (Lipinski definition) is 7. The summed E-state index contributed by atoms with van der Waals surface area (Å²) in [6.07, 6.45) is 1.10. The molecule has 0 bridgehead atoms. The van der Waals surface area contributed by atoms with Crippen LogP contribution in [0.15, 0.2) is 0 Å². The van der Waals surface area contributed by atoms with Gasteiger partial charge in [0, 0.05) is 13.2 Å². The average molecular weight is 380 g/mol. The third-order valence-electron chi connectivity index (χ3n) is 3.38. The second-order valence-electron chi connectivity index (χ2n) is 6.66. The molecule has 0 rings (SSSR count). The zero-order chi connectivity index (χ0) is 19.3. The van der Waals surface area contributed by atoms with Crippen molar-refractivity contribution in [3.63, 3.8) is 0 Å². The Morgan fingerprint density at radius 1 is 0.500 bits per heavy atom. The van der Waals surface area contributed by atoms with Crippen molar-refractivity contribution in [3.05, 3.63) is 0 Å². The van der Waals surface area contributed by atoms with E-state index in [1.165, 1.54) is 0 Å². The largest absolute Gasteiger partial charge is 0.379 e. The molecule has 0 amide bonds. The first-order valence-corrected chi connectivity index (χ1v) is 9.74. The Bertz CT molecular complexity index is 240. The maximum atomic E-state index is 5.47. The normalized spacial score (nSPS) is 11.8. The monoisotopic (exact) mass is 379 g/mol. The molecule has 0 aromatic heterocycles. The predicted molar refractivity (Wildman–Crippen MR) is 103 cm³/mol.